The van der Waals surface area contributed by atoms with Crippen LogP contribution >= 0.6 is 0 Å². The lowest BCUT2D eigenvalue weighted by atomic mass is 9.98. The summed E-state index contributed by atoms with van der Waals surface area (Å²) in [6, 6.07) is 14.2. The summed E-state index contributed by atoms with van der Waals surface area (Å²) in [6.07, 6.45) is 0.0630. The molecule has 7 nitrogen and oxygen atoms in total. The molecule has 7 heteroatoms. The molecule has 0 aliphatic carbocycles. The van der Waals surface area contributed by atoms with Gasteiger partial charge >= 0.3 is 0 Å². The molecule has 5 rings (SSSR count). The molecule has 2 aliphatic heterocycles. The van der Waals surface area contributed by atoms with Crippen LogP contribution in [0.2, 0.25) is 0 Å². The monoisotopic (exact) mass is 448 g/mol. The van der Waals surface area contributed by atoms with Crippen LogP contribution < -0.4 is 10.2 Å². The van der Waals surface area contributed by atoms with Crippen molar-refractivity contribution in [3.05, 3.63) is 75.6 Å². The maximum absolute atomic E-state index is 13.5. The van der Waals surface area contributed by atoms with Gasteiger partial charge in [0.05, 0.1) is 36.3 Å². The average molecular weight is 449 g/mol. The van der Waals surface area contributed by atoms with E-state index in [-0.39, 0.29) is 23.2 Å². The first-order chi connectivity index (χ1) is 16.0. The largest absolute Gasteiger partial charge is 0.491 e. The van der Waals surface area contributed by atoms with Crippen molar-refractivity contribution in [2.24, 2.45) is 0 Å². The van der Waals surface area contributed by atoms with E-state index in [1.807, 2.05) is 44.2 Å². The molecule has 172 valence electrons. The maximum atomic E-state index is 13.5. The molecule has 0 bridgehead atoms. The fourth-order valence-corrected chi connectivity index (χ4v) is 4.62. The molecule has 0 spiro atoms. The van der Waals surface area contributed by atoms with Gasteiger partial charge in [-0.2, -0.15) is 0 Å². The van der Waals surface area contributed by atoms with E-state index in [2.05, 4.69) is 4.90 Å². The fraction of sp³-hybridized carbons (Fsp3) is 0.385. The van der Waals surface area contributed by atoms with E-state index < -0.39 is 6.04 Å². The highest BCUT2D eigenvalue weighted by Gasteiger charge is 2.42. The van der Waals surface area contributed by atoms with Gasteiger partial charge in [0.2, 0.25) is 5.76 Å². The number of carbonyl (C=O) groups excluding carboxylic acids is 1. The Morgan fingerprint density at radius 1 is 1.00 bits per heavy atom. The minimum atomic E-state index is -0.498. The zero-order valence-corrected chi connectivity index (χ0v) is 19.0. The number of fused-ring (bicyclic) bond motifs is 2. The summed E-state index contributed by atoms with van der Waals surface area (Å²) in [4.78, 5) is 31.1. The molecule has 3 aromatic rings. The zero-order chi connectivity index (χ0) is 22.9. The Balaban J connectivity index is 1.55. The van der Waals surface area contributed by atoms with Crippen LogP contribution in [0, 0.1) is 0 Å². The summed E-state index contributed by atoms with van der Waals surface area (Å²) in [7, 11) is 0. The second kappa shape index (κ2) is 9.00. The Hall–Kier alpha value is -3.16. The summed E-state index contributed by atoms with van der Waals surface area (Å²) in [5.41, 5.74) is 1.56. The Kier molecular flexibility index (Phi) is 5.91. The molecule has 33 heavy (non-hydrogen) atoms. The Morgan fingerprint density at radius 3 is 2.45 bits per heavy atom. The van der Waals surface area contributed by atoms with Crippen LogP contribution in [-0.2, 0) is 4.74 Å². The van der Waals surface area contributed by atoms with Gasteiger partial charge in [-0.25, -0.2) is 0 Å². The third-order valence-corrected chi connectivity index (χ3v) is 6.20. The van der Waals surface area contributed by atoms with Crippen LogP contribution in [-0.4, -0.2) is 61.2 Å². The lowest BCUT2D eigenvalue weighted by Gasteiger charge is -2.31. The van der Waals surface area contributed by atoms with E-state index in [0.717, 1.165) is 24.4 Å². The smallest absolute Gasteiger partial charge is 0.290 e. The van der Waals surface area contributed by atoms with Gasteiger partial charge in [-0.3, -0.25) is 14.5 Å². The molecule has 0 unspecified atom stereocenters. The third kappa shape index (κ3) is 4.14. The number of morpholine rings is 1. The SMILES string of the molecule is CC(C)Oc1ccc([C@H]2c3c(oc4ccccc4c3=O)C(=O)N2CCN2CCOCC2)cc1. The summed E-state index contributed by atoms with van der Waals surface area (Å²) < 4.78 is 17.2. The molecule has 0 N–H and O–H groups in total. The van der Waals surface area contributed by atoms with E-state index in [0.29, 0.717) is 42.8 Å². The van der Waals surface area contributed by atoms with Crippen LogP contribution in [0.4, 0.5) is 0 Å². The highest BCUT2D eigenvalue weighted by Crippen LogP contribution is 2.38. The van der Waals surface area contributed by atoms with Crippen molar-refractivity contribution < 1.29 is 18.7 Å². The lowest BCUT2D eigenvalue weighted by Crippen LogP contribution is -2.42. The average Bonchev–Trinajstić information content (AvgIpc) is 3.10. The number of rotatable bonds is 6. The summed E-state index contributed by atoms with van der Waals surface area (Å²) in [6.45, 7) is 8.22. The molecule has 0 radical (unpaired) electrons. The molecule has 2 aliphatic rings. The summed E-state index contributed by atoms with van der Waals surface area (Å²) in [5.74, 6) is 0.658. The molecule has 1 atom stereocenters. The molecule has 3 heterocycles. The molecule has 1 amide bonds. The first-order valence-electron chi connectivity index (χ1n) is 11.5. The lowest BCUT2D eigenvalue weighted by molar-refractivity contribution is 0.0314. The van der Waals surface area contributed by atoms with Crippen LogP contribution in [0.25, 0.3) is 11.0 Å². The minimum Gasteiger partial charge on any atom is -0.491 e. The van der Waals surface area contributed by atoms with Crippen molar-refractivity contribution in [2.75, 3.05) is 39.4 Å². The third-order valence-electron chi connectivity index (χ3n) is 6.20. The predicted molar refractivity (Wildman–Crippen MR) is 125 cm³/mol. The van der Waals surface area contributed by atoms with Gasteiger partial charge in [0, 0.05) is 26.2 Å². The normalized spacial score (nSPS) is 18.8. The van der Waals surface area contributed by atoms with Gasteiger partial charge in [-0.15, -0.1) is 0 Å². The maximum Gasteiger partial charge on any atom is 0.290 e. The Bertz CT molecular complexity index is 1210. The molecule has 1 aromatic heterocycles. The molecule has 2 aromatic carbocycles. The van der Waals surface area contributed by atoms with Gasteiger partial charge in [-0.05, 0) is 43.7 Å². The first-order valence-corrected chi connectivity index (χ1v) is 11.5. The Labute approximate surface area is 192 Å². The minimum absolute atomic E-state index is 0.0630. The van der Waals surface area contributed by atoms with Crippen molar-refractivity contribution in [3.63, 3.8) is 0 Å². The number of benzene rings is 2. The van der Waals surface area contributed by atoms with Crippen molar-refractivity contribution in [1.29, 1.82) is 0 Å². The molecule has 1 fully saturated rings. The van der Waals surface area contributed by atoms with Crippen LogP contribution in [0.1, 0.15) is 41.6 Å². The number of carbonyl (C=O) groups is 1. The fourth-order valence-electron chi connectivity index (χ4n) is 4.62. The second-order valence-corrected chi connectivity index (χ2v) is 8.76. The number of hydrogen-bond donors (Lipinski definition) is 0. The summed E-state index contributed by atoms with van der Waals surface area (Å²) >= 11 is 0. The summed E-state index contributed by atoms with van der Waals surface area (Å²) in [5, 5.41) is 0.490. The van der Waals surface area contributed by atoms with Crippen molar-refractivity contribution in [2.45, 2.75) is 26.0 Å². The van der Waals surface area contributed by atoms with Crippen molar-refractivity contribution in [3.8, 4) is 5.75 Å². The quantitative estimate of drug-likeness (QED) is 0.575. The van der Waals surface area contributed by atoms with E-state index in [1.165, 1.54) is 0 Å². The number of amides is 1. The number of para-hydroxylation sites is 1. The van der Waals surface area contributed by atoms with E-state index in [4.69, 9.17) is 13.9 Å². The van der Waals surface area contributed by atoms with Gasteiger partial charge in [-0.1, -0.05) is 24.3 Å². The number of hydrogen-bond acceptors (Lipinski definition) is 6. The van der Waals surface area contributed by atoms with Gasteiger partial charge < -0.3 is 18.8 Å². The standard InChI is InChI=1S/C26H28N2O5/c1-17(2)32-19-9-7-18(8-10-19)23-22-24(29)20-5-3-4-6-21(20)33-25(22)26(30)28(23)12-11-27-13-15-31-16-14-27/h3-10,17,23H,11-16H2,1-2H3/t23-/m0/s1. The first kappa shape index (κ1) is 21.7. The second-order valence-electron chi connectivity index (χ2n) is 8.76. The van der Waals surface area contributed by atoms with Gasteiger partial charge in [0.1, 0.15) is 11.3 Å². The number of ether oxygens (including phenoxy) is 2. The van der Waals surface area contributed by atoms with E-state index >= 15 is 0 Å². The van der Waals surface area contributed by atoms with Gasteiger partial charge in [0.15, 0.2) is 5.43 Å². The van der Waals surface area contributed by atoms with Crippen molar-refractivity contribution in [1.82, 2.24) is 9.80 Å². The molecular formula is C26H28N2O5. The van der Waals surface area contributed by atoms with Crippen LogP contribution in [0.3, 0.4) is 0 Å². The van der Waals surface area contributed by atoms with Gasteiger partial charge in [0.25, 0.3) is 5.91 Å². The Morgan fingerprint density at radius 2 is 1.73 bits per heavy atom. The highest BCUT2D eigenvalue weighted by molar-refractivity contribution is 5.99. The number of nitrogens with zero attached hydrogens (tertiary/aromatic N) is 2. The van der Waals surface area contributed by atoms with E-state index in [9.17, 15) is 9.59 Å². The van der Waals surface area contributed by atoms with E-state index in [1.54, 1.807) is 23.1 Å². The van der Waals surface area contributed by atoms with Crippen molar-refractivity contribution >= 4 is 16.9 Å². The highest BCUT2D eigenvalue weighted by atomic mass is 16.5. The molecular weight excluding hydrogens is 420 g/mol. The molecule has 0 saturated carbocycles. The zero-order valence-electron chi connectivity index (χ0n) is 19.0. The van der Waals surface area contributed by atoms with Crippen LogP contribution in [0.5, 0.6) is 5.75 Å². The predicted octanol–water partition coefficient (Wildman–Crippen LogP) is 3.46. The topological polar surface area (TPSA) is 72.2 Å². The molecule has 1 saturated heterocycles. The van der Waals surface area contributed by atoms with Crippen LogP contribution in [0.15, 0.2) is 57.7 Å².